The van der Waals surface area contributed by atoms with E-state index in [9.17, 15) is 9.59 Å². The Morgan fingerprint density at radius 1 is 1.10 bits per heavy atom. The average Bonchev–Trinajstić information content (AvgIpc) is 3.36. The van der Waals surface area contributed by atoms with E-state index in [0.717, 1.165) is 5.56 Å². The van der Waals surface area contributed by atoms with E-state index >= 15 is 0 Å². The quantitative estimate of drug-likeness (QED) is 0.729. The van der Waals surface area contributed by atoms with Gasteiger partial charge in [0.05, 0.1) is 24.4 Å². The number of rotatable bonds is 3. The highest BCUT2D eigenvalue weighted by Gasteiger charge is 2.43. The summed E-state index contributed by atoms with van der Waals surface area (Å²) in [6.45, 7) is 0. The summed E-state index contributed by atoms with van der Waals surface area (Å²) in [5.74, 6) is -0.815. The summed E-state index contributed by atoms with van der Waals surface area (Å²) in [4.78, 5) is 30.2. The molecule has 2 aromatic rings. The van der Waals surface area contributed by atoms with Crippen molar-refractivity contribution in [1.29, 1.82) is 0 Å². The van der Waals surface area contributed by atoms with E-state index in [0.29, 0.717) is 39.8 Å². The minimum atomic E-state index is -0.516. The molecule has 1 amide bonds. The SMILES string of the molecule is COc1ccc(N2NOC(=O)/C2=C2/C=C3N=NC(=O)C3C(c3ccc(Cl)cc3)C2)cc1. The lowest BCUT2D eigenvalue weighted by molar-refractivity contribution is -0.140. The van der Waals surface area contributed by atoms with Crippen molar-refractivity contribution in [2.75, 3.05) is 12.1 Å². The van der Waals surface area contributed by atoms with Crippen molar-refractivity contribution >= 4 is 29.2 Å². The van der Waals surface area contributed by atoms with Crippen LogP contribution in [0, 0.1) is 5.92 Å². The zero-order valence-electron chi connectivity index (χ0n) is 16.4. The van der Waals surface area contributed by atoms with Crippen LogP contribution in [0.5, 0.6) is 5.75 Å². The molecule has 1 N–H and O–H groups in total. The van der Waals surface area contributed by atoms with Gasteiger partial charge in [-0.25, -0.2) is 9.80 Å². The highest BCUT2D eigenvalue weighted by atomic mass is 35.5. The molecule has 1 saturated heterocycles. The van der Waals surface area contributed by atoms with E-state index in [2.05, 4.69) is 15.8 Å². The second-order valence-electron chi connectivity index (χ2n) is 7.34. The van der Waals surface area contributed by atoms with Gasteiger partial charge in [0.2, 0.25) is 0 Å². The third-order valence-corrected chi connectivity index (χ3v) is 5.84. The Morgan fingerprint density at radius 3 is 2.55 bits per heavy atom. The third kappa shape index (κ3) is 3.39. The van der Waals surface area contributed by atoms with E-state index in [4.69, 9.17) is 21.2 Å². The summed E-state index contributed by atoms with van der Waals surface area (Å²) < 4.78 is 5.20. The zero-order valence-corrected chi connectivity index (χ0v) is 17.2. The highest BCUT2D eigenvalue weighted by Crippen LogP contribution is 2.46. The molecule has 1 fully saturated rings. The fraction of sp³-hybridized carbons (Fsp3) is 0.182. The summed E-state index contributed by atoms with van der Waals surface area (Å²) in [5, 5.41) is 10.0. The van der Waals surface area contributed by atoms with E-state index in [1.54, 1.807) is 42.5 Å². The number of nitrogens with one attached hydrogen (secondary N) is 1. The van der Waals surface area contributed by atoms with Crippen molar-refractivity contribution in [3.05, 3.63) is 82.2 Å². The van der Waals surface area contributed by atoms with E-state index < -0.39 is 11.9 Å². The molecule has 5 rings (SSSR count). The number of methoxy groups -OCH3 is 1. The number of ether oxygens (including phenoxy) is 1. The number of halogens is 1. The molecule has 2 aromatic carbocycles. The number of carbonyl (C=O) groups excluding carboxylic acids is 2. The molecule has 9 heteroatoms. The molecule has 3 aliphatic rings. The summed E-state index contributed by atoms with van der Waals surface area (Å²) >= 11 is 6.04. The normalized spacial score (nSPS) is 24.8. The number of amides is 1. The monoisotopic (exact) mass is 436 g/mol. The van der Waals surface area contributed by atoms with Gasteiger partial charge in [-0.3, -0.25) is 4.79 Å². The molecule has 1 aliphatic carbocycles. The Kier molecular flexibility index (Phi) is 4.80. The van der Waals surface area contributed by atoms with Crippen LogP contribution in [0.25, 0.3) is 0 Å². The van der Waals surface area contributed by atoms with Gasteiger partial charge in [0, 0.05) is 10.9 Å². The fourth-order valence-electron chi connectivity index (χ4n) is 4.09. The summed E-state index contributed by atoms with van der Waals surface area (Å²) in [7, 11) is 1.59. The molecule has 0 aromatic heterocycles. The standard InChI is InChI=1S/C22H17ClN4O4/c1-30-16-8-6-15(7-9-16)27-20(22(29)31-26-27)13-10-17(12-2-4-14(23)5-3-12)19-18(11-13)24-25-21(19)28/h2-9,11,17,19,26H,10H2,1H3/b20-13-. The van der Waals surface area contributed by atoms with Gasteiger partial charge >= 0.3 is 5.97 Å². The summed E-state index contributed by atoms with van der Waals surface area (Å²) in [6.07, 6.45) is 2.19. The summed E-state index contributed by atoms with van der Waals surface area (Å²) in [6, 6.07) is 14.5. The van der Waals surface area contributed by atoms with Gasteiger partial charge in [0.1, 0.15) is 5.75 Å². The van der Waals surface area contributed by atoms with Crippen LogP contribution in [0.3, 0.4) is 0 Å². The Hall–Kier alpha value is -3.49. The molecule has 0 saturated carbocycles. The first-order chi connectivity index (χ1) is 15.0. The van der Waals surface area contributed by atoms with Gasteiger partial charge in [0.15, 0.2) is 5.70 Å². The molecule has 156 valence electrons. The Labute approximate surface area is 182 Å². The van der Waals surface area contributed by atoms with Crippen LogP contribution in [0.15, 0.2) is 81.8 Å². The van der Waals surface area contributed by atoms with Crippen LogP contribution in [0.4, 0.5) is 5.69 Å². The van der Waals surface area contributed by atoms with Crippen molar-refractivity contribution < 1.29 is 19.2 Å². The smallest absolute Gasteiger partial charge is 0.377 e. The van der Waals surface area contributed by atoms with Crippen molar-refractivity contribution in [2.24, 2.45) is 16.1 Å². The molecule has 2 unspecified atom stereocenters. The lowest BCUT2D eigenvalue weighted by Gasteiger charge is -2.28. The Balaban J connectivity index is 1.59. The predicted molar refractivity (Wildman–Crippen MR) is 112 cm³/mol. The van der Waals surface area contributed by atoms with Gasteiger partial charge in [-0.15, -0.1) is 5.11 Å². The maximum Gasteiger partial charge on any atom is 0.377 e. The van der Waals surface area contributed by atoms with Gasteiger partial charge in [-0.2, -0.15) is 5.11 Å². The number of carbonyl (C=O) groups is 2. The molecule has 0 spiro atoms. The van der Waals surface area contributed by atoms with E-state index in [-0.39, 0.29) is 11.8 Å². The van der Waals surface area contributed by atoms with Gasteiger partial charge in [-0.1, -0.05) is 29.3 Å². The Bertz CT molecular complexity index is 1160. The topological polar surface area (TPSA) is 92.6 Å². The van der Waals surface area contributed by atoms with E-state index in [1.807, 2.05) is 24.3 Å². The molecular formula is C22H17ClN4O4. The maximum absolute atomic E-state index is 12.6. The number of nitrogens with zero attached hydrogens (tertiary/aromatic N) is 3. The number of hydrogen-bond acceptors (Lipinski definition) is 7. The van der Waals surface area contributed by atoms with Crippen LogP contribution in [0.2, 0.25) is 5.02 Å². The molecule has 0 radical (unpaired) electrons. The number of allylic oxidation sites excluding steroid dienone is 2. The average molecular weight is 437 g/mol. The second-order valence-corrected chi connectivity index (χ2v) is 7.77. The molecule has 8 nitrogen and oxygen atoms in total. The number of hydrazine groups is 1. The Morgan fingerprint density at radius 2 is 1.84 bits per heavy atom. The van der Waals surface area contributed by atoms with Gasteiger partial charge in [-0.05, 0) is 60.0 Å². The molecule has 2 aliphatic heterocycles. The number of hydrogen-bond donors (Lipinski definition) is 1. The first-order valence-corrected chi connectivity index (χ1v) is 10.00. The lowest BCUT2D eigenvalue weighted by atomic mass is 9.75. The van der Waals surface area contributed by atoms with Crippen molar-refractivity contribution in [3.63, 3.8) is 0 Å². The zero-order chi connectivity index (χ0) is 21.5. The van der Waals surface area contributed by atoms with Crippen molar-refractivity contribution in [2.45, 2.75) is 12.3 Å². The number of fused-ring (bicyclic) bond motifs is 1. The van der Waals surface area contributed by atoms with Crippen LogP contribution in [-0.4, -0.2) is 19.0 Å². The first kappa shape index (κ1) is 19.5. The lowest BCUT2D eigenvalue weighted by Crippen LogP contribution is -2.30. The maximum atomic E-state index is 12.6. The second kappa shape index (κ2) is 7.64. The molecule has 2 atom stereocenters. The largest absolute Gasteiger partial charge is 0.497 e. The minimum Gasteiger partial charge on any atom is -0.497 e. The van der Waals surface area contributed by atoms with Gasteiger partial charge in [0.25, 0.3) is 5.91 Å². The molecule has 0 bridgehead atoms. The number of anilines is 1. The minimum absolute atomic E-state index is 0.228. The highest BCUT2D eigenvalue weighted by molar-refractivity contribution is 6.30. The van der Waals surface area contributed by atoms with Gasteiger partial charge < -0.3 is 9.57 Å². The number of benzene rings is 2. The molecule has 31 heavy (non-hydrogen) atoms. The van der Waals surface area contributed by atoms with Crippen LogP contribution < -0.4 is 15.3 Å². The van der Waals surface area contributed by atoms with Crippen LogP contribution in [0.1, 0.15) is 17.9 Å². The fourth-order valence-corrected chi connectivity index (χ4v) is 4.22. The third-order valence-electron chi connectivity index (χ3n) is 5.59. The summed E-state index contributed by atoms with van der Waals surface area (Å²) in [5.41, 5.74) is 5.85. The van der Waals surface area contributed by atoms with E-state index in [1.165, 1.54) is 0 Å². The van der Waals surface area contributed by atoms with Crippen LogP contribution >= 0.6 is 11.6 Å². The first-order valence-electron chi connectivity index (χ1n) is 9.62. The van der Waals surface area contributed by atoms with Crippen LogP contribution in [-0.2, 0) is 14.4 Å². The number of azo groups is 1. The van der Waals surface area contributed by atoms with Crippen molar-refractivity contribution in [3.8, 4) is 5.75 Å². The molecule has 2 heterocycles. The van der Waals surface area contributed by atoms with Crippen molar-refractivity contribution in [1.82, 2.24) is 5.59 Å². The predicted octanol–water partition coefficient (Wildman–Crippen LogP) is 4.07. The molecular weight excluding hydrogens is 420 g/mol.